The molecule has 0 spiro atoms. The molecule has 1 aliphatic rings. The maximum Gasteiger partial charge on any atom is 0.271 e. The number of hydrogen-bond acceptors (Lipinski definition) is 5. The summed E-state index contributed by atoms with van der Waals surface area (Å²) in [6.45, 7) is 0.544. The van der Waals surface area contributed by atoms with E-state index in [2.05, 4.69) is 20.6 Å². The van der Waals surface area contributed by atoms with Crippen LogP contribution in [-0.2, 0) is 17.8 Å². The number of carbonyl (C=O) groups excluding carboxylic acids is 1. The summed E-state index contributed by atoms with van der Waals surface area (Å²) in [6.07, 6.45) is 2.09. The largest absolute Gasteiger partial charge is 0.347 e. The van der Waals surface area contributed by atoms with E-state index in [0.717, 1.165) is 11.4 Å². The van der Waals surface area contributed by atoms with Gasteiger partial charge in [0.15, 0.2) is 0 Å². The summed E-state index contributed by atoms with van der Waals surface area (Å²) < 4.78 is 0. The summed E-state index contributed by atoms with van der Waals surface area (Å²) in [7, 11) is 0. The fraction of sp³-hybridized carbons (Fsp3) is 0.231. The summed E-state index contributed by atoms with van der Waals surface area (Å²) in [4.78, 5) is 29.6. The van der Waals surface area contributed by atoms with Crippen molar-refractivity contribution >= 4 is 17.3 Å². The molecule has 1 aromatic heterocycles. The second-order valence-corrected chi connectivity index (χ2v) is 4.76. The number of nitrogens with zero attached hydrogens (tertiary/aromatic N) is 2. The predicted molar refractivity (Wildman–Crippen MR) is 74.6 cm³/mol. The van der Waals surface area contributed by atoms with Crippen molar-refractivity contribution in [3.8, 4) is 0 Å². The second-order valence-electron chi connectivity index (χ2n) is 4.76. The number of nitrogens with one attached hydrogen (secondary N) is 3. The SMILES string of the molecule is O=C(Nc1cccc([N+](=O)[O-])c1)C1Cc2nc[nH]c2CN1. The number of fused-ring (bicyclic) bond motifs is 1. The minimum absolute atomic E-state index is 0.0565. The molecule has 0 aliphatic carbocycles. The molecule has 3 N–H and O–H groups in total. The molecule has 2 aromatic rings. The molecule has 108 valence electrons. The highest BCUT2D eigenvalue weighted by Crippen LogP contribution is 2.18. The molecule has 0 saturated heterocycles. The van der Waals surface area contributed by atoms with Crippen LogP contribution in [0, 0.1) is 10.1 Å². The molecular weight excluding hydrogens is 274 g/mol. The van der Waals surface area contributed by atoms with Crippen LogP contribution in [0.15, 0.2) is 30.6 Å². The molecule has 0 bridgehead atoms. The Balaban J connectivity index is 1.70. The van der Waals surface area contributed by atoms with Crippen molar-refractivity contribution < 1.29 is 9.72 Å². The van der Waals surface area contributed by atoms with Gasteiger partial charge in [0.2, 0.25) is 5.91 Å². The van der Waals surface area contributed by atoms with Crippen molar-refractivity contribution in [1.82, 2.24) is 15.3 Å². The molecule has 1 aliphatic heterocycles. The Kier molecular flexibility index (Phi) is 3.36. The van der Waals surface area contributed by atoms with Gasteiger partial charge in [-0.15, -0.1) is 0 Å². The van der Waals surface area contributed by atoms with Gasteiger partial charge in [0.25, 0.3) is 5.69 Å². The van der Waals surface area contributed by atoms with Crippen molar-refractivity contribution in [2.45, 2.75) is 19.0 Å². The molecule has 1 amide bonds. The lowest BCUT2D eigenvalue weighted by Gasteiger charge is -2.22. The van der Waals surface area contributed by atoms with Crippen LogP contribution in [0.5, 0.6) is 0 Å². The van der Waals surface area contributed by atoms with E-state index in [-0.39, 0.29) is 11.6 Å². The molecule has 8 heteroatoms. The minimum atomic E-state index is -0.496. The van der Waals surface area contributed by atoms with Crippen LogP contribution in [0.3, 0.4) is 0 Å². The zero-order valence-corrected chi connectivity index (χ0v) is 11.0. The van der Waals surface area contributed by atoms with Crippen LogP contribution < -0.4 is 10.6 Å². The zero-order valence-electron chi connectivity index (χ0n) is 11.0. The second kappa shape index (κ2) is 5.33. The van der Waals surface area contributed by atoms with Gasteiger partial charge in [0, 0.05) is 30.8 Å². The molecule has 1 unspecified atom stereocenters. The van der Waals surface area contributed by atoms with E-state index in [1.165, 1.54) is 18.2 Å². The third-order valence-electron chi connectivity index (χ3n) is 3.37. The summed E-state index contributed by atoms with van der Waals surface area (Å²) in [5.74, 6) is -0.232. The summed E-state index contributed by atoms with van der Waals surface area (Å²) in [5, 5.41) is 16.5. The Bertz CT molecular complexity index is 697. The van der Waals surface area contributed by atoms with Crippen LogP contribution in [0.1, 0.15) is 11.4 Å². The summed E-state index contributed by atoms with van der Waals surface area (Å²) in [5.41, 5.74) is 2.20. The first-order valence-electron chi connectivity index (χ1n) is 6.43. The first-order chi connectivity index (χ1) is 10.1. The fourth-order valence-corrected chi connectivity index (χ4v) is 2.28. The molecule has 2 heterocycles. The molecular formula is C13H13N5O3. The monoisotopic (exact) mass is 287 g/mol. The highest BCUT2D eigenvalue weighted by Gasteiger charge is 2.25. The third kappa shape index (κ3) is 2.75. The number of imidazole rings is 1. The number of non-ortho nitro benzene ring substituents is 1. The van der Waals surface area contributed by atoms with Crippen LogP contribution in [0.25, 0.3) is 0 Å². The van der Waals surface area contributed by atoms with Crippen molar-refractivity contribution in [3.05, 3.63) is 52.1 Å². The van der Waals surface area contributed by atoms with E-state index in [4.69, 9.17) is 0 Å². The molecule has 0 fully saturated rings. The number of anilines is 1. The van der Waals surface area contributed by atoms with Crippen LogP contribution in [0.2, 0.25) is 0 Å². The van der Waals surface area contributed by atoms with Crippen LogP contribution in [0.4, 0.5) is 11.4 Å². The summed E-state index contributed by atoms with van der Waals surface area (Å²) in [6, 6.07) is 5.47. The number of benzene rings is 1. The molecule has 0 saturated carbocycles. The molecule has 8 nitrogen and oxygen atoms in total. The first kappa shape index (κ1) is 13.3. The quantitative estimate of drug-likeness (QED) is 0.575. The van der Waals surface area contributed by atoms with E-state index in [9.17, 15) is 14.9 Å². The number of carbonyl (C=O) groups is 1. The van der Waals surface area contributed by atoms with Crippen molar-refractivity contribution in [2.24, 2.45) is 0 Å². The van der Waals surface area contributed by atoms with Gasteiger partial charge in [0.1, 0.15) is 0 Å². The number of amides is 1. The number of H-pyrrole nitrogens is 1. The third-order valence-corrected chi connectivity index (χ3v) is 3.37. The fourth-order valence-electron chi connectivity index (χ4n) is 2.28. The average Bonchev–Trinajstić information content (AvgIpc) is 2.94. The van der Waals surface area contributed by atoms with Gasteiger partial charge in [-0.1, -0.05) is 6.07 Å². The average molecular weight is 287 g/mol. The van der Waals surface area contributed by atoms with Crippen molar-refractivity contribution in [1.29, 1.82) is 0 Å². The predicted octanol–water partition coefficient (Wildman–Crippen LogP) is 0.971. The number of rotatable bonds is 3. The highest BCUT2D eigenvalue weighted by molar-refractivity contribution is 5.95. The maximum atomic E-state index is 12.2. The number of nitro benzene ring substituents is 1. The van der Waals surface area contributed by atoms with E-state index in [1.54, 1.807) is 12.4 Å². The maximum absolute atomic E-state index is 12.2. The van der Waals surface area contributed by atoms with E-state index < -0.39 is 11.0 Å². The molecule has 3 rings (SSSR count). The number of aromatic nitrogens is 2. The van der Waals surface area contributed by atoms with Gasteiger partial charge < -0.3 is 10.3 Å². The topological polar surface area (TPSA) is 113 Å². The van der Waals surface area contributed by atoms with Crippen molar-refractivity contribution in [3.63, 3.8) is 0 Å². The Morgan fingerprint density at radius 2 is 2.33 bits per heavy atom. The number of nitro groups is 1. The molecule has 21 heavy (non-hydrogen) atoms. The van der Waals surface area contributed by atoms with E-state index >= 15 is 0 Å². The number of hydrogen-bond donors (Lipinski definition) is 3. The van der Waals surface area contributed by atoms with E-state index in [1.807, 2.05) is 0 Å². The first-order valence-corrected chi connectivity index (χ1v) is 6.43. The lowest BCUT2D eigenvalue weighted by molar-refractivity contribution is -0.384. The lowest BCUT2D eigenvalue weighted by atomic mass is 10.0. The van der Waals surface area contributed by atoms with Gasteiger partial charge in [-0.3, -0.25) is 20.2 Å². The van der Waals surface area contributed by atoms with Gasteiger partial charge in [-0.05, 0) is 6.07 Å². The molecule has 1 aromatic carbocycles. The van der Waals surface area contributed by atoms with Crippen LogP contribution >= 0.6 is 0 Å². The highest BCUT2D eigenvalue weighted by atomic mass is 16.6. The molecule has 1 atom stereocenters. The van der Waals surface area contributed by atoms with Gasteiger partial charge in [-0.25, -0.2) is 4.98 Å². The zero-order chi connectivity index (χ0) is 14.8. The standard InChI is InChI=1S/C13H13N5O3/c19-13(11-5-10-12(6-14-11)16-7-15-10)17-8-2-1-3-9(4-8)18(20)21/h1-4,7,11,14H,5-6H2,(H,15,16)(H,17,19). The normalized spacial score (nSPS) is 17.0. The van der Waals surface area contributed by atoms with Gasteiger partial charge in [0.05, 0.1) is 28.7 Å². The lowest BCUT2D eigenvalue weighted by Crippen LogP contribution is -2.44. The summed E-state index contributed by atoms with van der Waals surface area (Å²) >= 11 is 0. The van der Waals surface area contributed by atoms with Gasteiger partial charge in [-0.2, -0.15) is 0 Å². The smallest absolute Gasteiger partial charge is 0.271 e. The minimum Gasteiger partial charge on any atom is -0.347 e. The Labute approximate surface area is 119 Å². The van der Waals surface area contributed by atoms with Crippen LogP contribution in [-0.4, -0.2) is 26.8 Å². The number of aromatic amines is 1. The Hall–Kier alpha value is -2.74. The Morgan fingerprint density at radius 1 is 1.48 bits per heavy atom. The Morgan fingerprint density at radius 3 is 3.14 bits per heavy atom. The van der Waals surface area contributed by atoms with Crippen molar-refractivity contribution in [2.75, 3.05) is 5.32 Å². The molecule has 0 radical (unpaired) electrons. The van der Waals surface area contributed by atoms with Gasteiger partial charge >= 0.3 is 0 Å². The van der Waals surface area contributed by atoms with E-state index in [0.29, 0.717) is 18.7 Å².